The molecule has 2 aromatic heterocycles. The number of fused-ring (bicyclic) bond motifs is 5. The number of aryl methyl sites for hydroxylation is 1. The smallest absolute Gasteiger partial charge is 0.181 e. The molecular formula is C20H15F2N3O. The lowest BCUT2D eigenvalue weighted by atomic mass is 9.78. The number of oxazole rings is 1. The third-order valence-corrected chi connectivity index (χ3v) is 5.73. The fraction of sp³-hybridized carbons (Fsp3) is 0.250. The Balaban J connectivity index is 1.73. The van der Waals surface area contributed by atoms with Crippen molar-refractivity contribution in [3.63, 3.8) is 0 Å². The summed E-state index contributed by atoms with van der Waals surface area (Å²) in [5, 5.41) is 8.54. The first-order chi connectivity index (χ1) is 12.5. The summed E-state index contributed by atoms with van der Waals surface area (Å²) in [6.07, 6.45) is 3.13. The molecule has 2 aliphatic rings. The first kappa shape index (κ1) is 15.4. The van der Waals surface area contributed by atoms with Gasteiger partial charge in [0.05, 0.1) is 28.1 Å². The van der Waals surface area contributed by atoms with Crippen molar-refractivity contribution in [1.29, 1.82) is 0 Å². The van der Waals surface area contributed by atoms with Crippen molar-refractivity contribution in [2.45, 2.75) is 31.1 Å². The van der Waals surface area contributed by atoms with Gasteiger partial charge < -0.3 is 4.42 Å². The number of allylic oxidation sites excluding steroid dienone is 1. The average Bonchev–Trinajstić information content (AvgIpc) is 3.26. The molecule has 5 rings (SSSR count). The van der Waals surface area contributed by atoms with Crippen LogP contribution in [-0.4, -0.2) is 15.2 Å². The highest BCUT2D eigenvalue weighted by atomic mass is 19.1. The highest BCUT2D eigenvalue weighted by molar-refractivity contribution is 5.66. The van der Waals surface area contributed by atoms with Gasteiger partial charge in [-0.05, 0) is 43.5 Å². The van der Waals surface area contributed by atoms with E-state index < -0.39 is 17.0 Å². The third kappa shape index (κ3) is 1.74. The predicted molar refractivity (Wildman–Crippen MR) is 90.5 cm³/mol. The number of benzene rings is 1. The van der Waals surface area contributed by atoms with Gasteiger partial charge in [-0.2, -0.15) is 5.10 Å². The topological polar surface area (TPSA) is 51.8 Å². The average molecular weight is 351 g/mol. The maximum absolute atomic E-state index is 14.2. The fourth-order valence-electron chi connectivity index (χ4n) is 4.55. The number of aromatic nitrogens is 3. The van der Waals surface area contributed by atoms with E-state index >= 15 is 0 Å². The summed E-state index contributed by atoms with van der Waals surface area (Å²) in [5.41, 5.74) is 2.98. The first-order valence-corrected chi connectivity index (χ1v) is 8.46. The lowest BCUT2D eigenvalue weighted by Gasteiger charge is -2.26. The van der Waals surface area contributed by atoms with Crippen LogP contribution in [0.5, 0.6) is 0 Å². The van der Waals surface area contributed by atoms with Crippen molar-refractivity contribution < 1.29 is 13.2 Å². The second-order valence-electron chi connectivity index (χ2n) is 6.92. The standard InChI is InChI=1S/C20H15F2N3O/c1-10-12-6-7-20(10,19-11(2)23-9-26-19)18-13(12)8-16(24-25-18)17-14(21)4-3-5-15(17)22/h3-5,8-9,12H,1,6-7H2,2H3/t12-,20-/m0/s1. The monoisotopic (exact) mass is 351 g/mol. The fourth-order valence-corrected chi connectivity index (χ4v) is 4.55. The molecule has 0 radical (unpaired) electrons. The van der Waals surface area contributed by atoms with E-state index in [4.69, 9.17) is 4.42 Å². The molecule has 0 unspecified atom stereocenters. The van der Waals surface area contributed by atoms with Gasteiger partial charge >= 0.3 is 0 Å². The molecule has 2 aliphatic carbocycles. The van der Waals surface area contributed by atoms with Crippen LogP contribution in [-0.2, 0) is 5.41 Å². The van der Waals surface area contributed by atoms with Crippen LogP contribution in [0.3, 0.4) is 0 Å². The van der Waals surface area contributed by atoms with Gasteiger partial charge in [-0.3, -0.25) is 0 Å². The molecule has 0 spiro atoms. The van der Waals surface area contributed by atoms with Crippen molar-refractivity contribution in [2.24, 2.45) is 0 Å². The van der Waals surface area contributed by atoms with Crippen LogP contribution in [0, 0.1) is 18.6 Å². The van der Waals surface area contributed by atoms with Crippen molar-refractivity contribution in [2.75, 3.05) is 0 Å². The van der Waals surface area contributed by atoms with E-state index in [9.17, 15) is 8.78 Å². The summed E-state index contributed by atoms with van der Waals surface area (Å²) in [7, 11) is 0. The van der Waals surface area contributed by atoms with Gasteiger partial charge in [-0.1, -0.05) is 18.2 Å². The van der Waals surface area contributed by atoms with Crippen LogP contribution in [0.2, 0.25) is 0 Å². The molecule has 0 amide bonds. The van der Waals surface area contributed by atoms with E-state index in [2.05, 4.69) is 21.8 Å². The van der Waals surface area contributed by atoms with Crippen molar-refractivity contribution in [1.82, 2.24) is 15.2 Å². The SMILES string of the molecule is C=C1[C@@H]2CC[C@@]1(c1ocnc1C)c1nnc(-c3c(F)cccc3F)cc12. The minimum Gasteiger partial charge on any atom is -0.447 e. The summed E-state index contributed by atoms with van der Waals surface area (Å²) < 4.78 is 34.0. The van der Waals surface area contributed by atoms with Gasteiger partial charge in [-0.15, -0.1) is 5.10 Å². The highest BCUT2D eigenvalue weighted by Crippen LogP contribution is 2.62. The Morgan fingerprint density at radius 3 is 2.69 bits per heavy atom. The summed E-state index contributed by atoms with van der Waals surface area (Å²) >= 11 is 0. The van der Waals surface area contributed by atoms with Gasteiger partial charge in [-0.25, -0.2) is 13.8 Å². The second-order valence-corrected chi connectivity index (χ2v) is 6.92. The molecular weight excluding hydrogens is 336 g/mol. The lowest BCUT2D eigenvalue weighted by Crippen LogP contribution is -2.26. The molecule has 2 atom stereocenters. The molecule has 130 valence electrons. The molecule has 2 heterocycles. The van der Waals surface area contributed by atoms with Gasteiger partial charge in [0.1, 0.15) is 17.4 Å². The zero-order valence-electron chi connectivity index (χ0n) is 14.1. The molecule has 2 bridgehead atoms. The molecule has 4 nitrogen and oxygen atoms in total. The van der Waals surface area contributed by atoms with E-state index in [1.807, 2.05) is 6.92 Å². The Labute approximate surface area is 148 Å². The Morgan fingerprint density at radius 2 is 2.00 bits per heavy atom. The minimum atomic E-state index is -0.651. The van der Waals surface area contributed by atoms with E-state index in [1.165, 1.54) is 24.6 Å². The van der Waals surface area contributed by atoms with Gasteiger partial charge in [0.2, 0.25) is 0 Å². The normalized spacial score (nSPS) is 23.5. The first-order valence-electron chi connectivity index (χ1n) is 8.46. The maximum atomic E-state index is 14.2. The van der Waals surface area contributed by atoms with Crippen LogP contribution < -0.4 is 0 Å². The molecule has 0 N–H and O–H groups in total. The second kappa shape index (κ2) is 5.06. The molecule has 0 saturated heterocycles. The van der Waals surface area contributed by atoms with Crippen molar-refractivity contribution in [3.8, 4) is 11.3 Å². The van der Waals surface area contributed by atoms with Crippen LogP contribution in [0.4, 0.5) is 8.78 Å². The van der Waals surface area contributed by atoms with Crippen LogP contribution in [0.1, 0.15) is 41.5 Å². The maximum Gasteiger partial charge on any atom is 0.181 e. The number of hydrogen-bond acceptors (Lipinski definition) is 4. The zero-order valence-corrected chi connectivity index (χ0v) is 14.1. The van der Waals surface area contributed by atoms with E-state index in [0.717, 1.165) is 41.1 Å². The molecule has 0 aliphatic heterocycles. The third-order valence-electron chi connectivity index (χ3n) is 5.73. The predicted octanol–water partition coefficient (Wildman–Crippen LogP) is 4.45. The largest absolute Gasteiger partial charge is 0.447 e. The molecule has 1 aromatic carbocycles. The Kier molecular flexibility index (Phi) is 2.99. The number of halogens is 2. The molecule has 6 heteroatoms. The summed E-state index contributed by atoms with van der Waals surface area (Å²) in [6.45, 7) is 6.19. The lowest BCUT2D eigenvalue weighted by molar-refractivity contribution is 0.414. The Hall–Kier alpha value is -2.89. The molecule has 3 aromatic rings. The number of rotatable bonds is 2. The van der Waals surface area contributed by atoms with Crippen molar-refractivity contribution >= 4 is 0 Å². The van der Waals surface area contributed by atoms with E-state index in [0.29, 0.717) is 0 Å². The highest BCUT2D eigenvalue weighted by Gasteiger charge is 2.57. The zero-order chi connectivity index (χ0) is 18.1. The molecule has 26 heavy (non-hydrogen) atoms. The quantitative estimate of drug-likeness (QED) is 0.640. The summed E-state index contributed by atoms with van der Waals surface area (Å²) in [5.74, 6) is -0.481. The Morgan fingerprint density at radius 1 is 1.23 bits per heavy atom. The Bertz CT molecular complexity index is 1050. The van der Waals surface area contributed by atoms with Gasteiger partial charge in [0, 0.05) is 5.92 Å². The van der Waals surface area contributed by atoms with Crippen molar-refractivity contribution in [3.05, 3.63) is 77.2 Å². The molecule has 1 fully saturated rings. The molecule has 1 saturated carbocycles. The van der Waals surface area contributed by atoms with Crippen LogP contribution in [0.25, 0.3) is 11.3 Å². The number of nitrogens with zero attached hydrogens (tertiary/aromatic N) is 3. The van der Waals surface area contributed by atoms with Crippen LogP contribution in [0.15, 0.2) is 47.2 Å². The summed E-state index contributed by atoms with van der Waals surface area (Å²) in [4.78, 5) is 4.21. The van der Waals surface area contributed by atoms with Crippen LogP contribution >= 0.6 is 0 Å². The van der Waals surface area contributed by atoms with Gasteiger partial charge in [0.15, 0.2) is 6.39 Å². The number of hydrogen-bond donors (Lipinski definition) is 0. The summed E-state index contributed by atoms with van der Waals surface area (Å²) in [6, 6.07) is 5.52. The van der Waals surface area contributed by atoms with E-state index in [-0.39, 0.29) is 17.2 Å². The van der Waals surface area contributed by atoms with E-state index in [1.54, 1.807) is 6.07 Å². The van der Waals surface area contributed by atoms with Gasteiger partial charge in [0.25, 0.3) is 0 Å². The minimum absolute atomic E-state index is 0.0820.